The van der Waals surface area contributed by atoms with Crippen LogP contribution < -0.4 is 0 Å². The average Bonchev–Trinajstić information content (AvgIpc) is 3.06. The lowest BCUT2D eigenvalue weighted by molar-refractivity contribution is -0.137. The highest BCUT2D eigenvalue weighted by Gasteiger charge is 2.37. The van der Waals surface area contributed by atoms with Crippen LogP contribution in [0.2, 0.25) is 0 Å². The molecule has 0 bridgehead atoms. The molecule has 0 spiro atoms. The molecule has 1 saturated carbocycles. The summed E-state index contributed by atoms with van der Waals surface area (Å²) in [6, 6.07) is 2.93. The maximum atomic E-state index is 14.0. The third-order valence-corrected chi connectivity index (χ3v) is 3.31. The molecule has 0 amide bonds. The standard InChI is InChI=1S/C13H15FO3/c1-7-2-5-10(15)12(13(7)14)9(6-11(16)17)8-3-4-8/h2,5,8-9,15H,3-4,6H2,1H3,(H,16,17). The third-order valence-electron chi connectivity index (χ3n) is 3.31. The Kier molecular flexibility index (Phi) is 3.05. The van der Waals surface area contributed by atoms with E-state index in [0.29, 0.717) is 5.56 Å². The van der Waals surface area contributed by atoms with Crippen LogP contribution in [0.3, 0.4) is 0 Å². The number of phenols is 1. The van der Waals surface area contributed by atoms with E-state index in [0.717, 1.165) is 12.8 Å². The van der Waals surface area contributed by atoms with Crippen molar-refractivity contribution in [3.05, 3.63) is 29.1 Å². The van der Waals surface area contributed by atoms with E-state index in [-0.39, 0.29) is 23.7 Å². The molecule has 1 aromatic rings. The van der Waals surface area contributed by atoms with Gasteiger partial charge in [0, 0.05) is 11.5 Å². The van der Waals surface area contributed by atoms with Gasteiger partial charge in [0.05, 0.1) is 6.42 Å². The van der Waals surface area contributed by atoms with Gasteiger partial charge in [-0.1, -0.05) is 6.07 Å². The summed E-state index contributed by atoms with van der Waals surface area (Å²) in [4.78, 5) is 10.8. The first-order chi connectivity index (χ1) is 8.00. The zero-order chi connectivity index (χ0) is 12.6. The van der Waals surface area contributed by atoms with Gasteiger partial charge < -0.3 is 10.2 Å². The summed E-state index contributed by atoms with van der Waals surface area (Å²) in [5, 5.41) is 18.6. The van der Waals surface area contributed by atoms with Crippen molar-refractivity contribution in [2.45, 2.75) is 32.1 Å². The third kappa shape index (κ3) is 2.40. The first-order valence-corrected chi connectivity index (χ1v) is 5.70. The number of carboxylic acid groups (broad SMARTS) is 1. The second kappa shape index (κ2) is 4.35. The molecular formula is C13H15FO3. The van der Waals surface area contributed by atoms with Crippen molar-refractivity contribution < 1.29 is 19.4 Å². The van der Waals surface area contributed by atoms with Gasteiger partial charge in [0.1, 0.15) is 11.6 Å². The zero-order valence-corrected chi connectivity index (χ0v) is 9.61. The van der Waals surface area contributed by atoms with E-state index < -0.39 is 17.7 Å². The molecular weight excluding hydrogens is 223 g/mol. The first kappa shape index (κ1) is 11.9. The van der Waals surface area contributed by atoms with Gasteiger partial charge in [0.25, 0.3) is 0 Å². The Morgan fingerprint density at radius 1 is 1.53 bits per heavy atom. The summed E-state index contributed by atoms with van der Waals surface area (Å²) >= 11 is 0. The van der Waals surface area contributed by atoms with E-state index in [1.54, 1.807) is 6.92 Å². The van der Waals surface area contributed by atoms with Gasteiger partial charge in [-0.15, -0.1) is 0 Å². The van der Waals surface area contributed by atoms with Crippen molar-refractivity contribution in [3.63, 3.8) is 0 Å². The number of rotatable bonds is 4. The van der Waals surface area contributed by atoms with Gasteiger partial charge in [0.15, 0.2) is 0 Å². The Labute approximate surface area is 98.9 Å². The lowest BCUT2D eigenvalue weighted by atomic mass is 9.89. The molecule has 1 unspecified atom stereocenters. The van der Waals surface area contributed by atoms with Gasteiger partial charge >= 0.3 is 5.97 Å². The summed E-state index contributed by atoms with van der Waals surface area (Å²) in [5.74, 6) is -1.78. The van der Waals surface area contributed by atoms with E-state index >= 15 is 0 Å². The van der Waals surface area contributed by atoms with Crippen LogP contribution in [-0.4, -0.2) is 16.2 Å². The second-order valence-corrected chi connectivity index (χ2v) is 4.67. The van der Waals surface area contributed by atoms with Crippen molar-refractivity contribution in [2.24, 2.45) is 5.92 Å². The number of hydrogen-bond acceptors (Lipinski definition) is 2. The van der Waals surface area contributed by atoms with E-state index in [1.807, 2.05) is 0 Å². The number of aryl methyl sites for hydroxylation is 1. The molecule has 1 aromatic carbocycles. The van der Waals surface area contributed by atoms with E-state index in [2.05, 4.69) is 0 Å². The molecule has 1 fully saturated rings. The van der Waals surface area contributed by atoms with Crippen LogP contribution in [0.4, 0.5) is 4.39 Å². The van der Waals surface area contributed by atoms with Crippen LogP contribution in [-0.2, 0) is 4.79 Å². The molecule has 0 aromatic heterocycles. The number of phenolic OH excluding ortho intramolecular Hbond substituents is 1. The predicted octanol–water partition coefficient (Wildman–Crippen LogP) is 2.81. The van der Waals surface area contributed by atoms with Gasteiger partial charge in [0.2, 0.25) is 0 Å². The summed E-state index contributed by atoms with van der Waals surface area (Å²) < 4.78 is 14.0. The Hall–Kier alpha value is -1.58. The van der Waals surface area contributed by atoms with Crippen molar-refractivity contribution in [3.8, 4) is 5.75 Å². The van der Waals surface area contributed by atoms with Gasteiger partial charge in [-0.25, -0.2) is 4.39 Å². The number of aliphatic carboxylic acids is 1. The SMILES string of the molecule is Cc1ccc(O)c(C(CC(=O)O)C2CC2)c1F. The first-order valence-electron chi connectivity index (χ1n) is 5.70. The lowest BCUT2D eigenvalue weighted by Gasteiger charge is -2.17. The van der Waals surface area contributed by atoms with Crippen LogP contribution >= 0.6 is 0 Å². The normalized spacial score (nSPS) is 16.8. The van der Waals surface area contributed by atoms with Crippen molar-refractivity contribution in [1.29, 1.82) is 0 Å². The molecule has 17 heavy (non-hydrogen) atoms. The number of benzene rings is 1. The minimum Gasteiger partial charge on any atom is -0.508 e. The molecule has 1 aliphatic carbocycles. The fourth-order valence-corrected chi connectivity index (χ4v) is 2.24. The molecule has 0 saturated heterocycles. The van der Waals surface area contributed by atoms with E-state index in [9.17, 15) is 14.3 Å². The maximum absolute atomic E-state index is 14.0. The fraction of sp³-hybridized carbons (Fsp3) is 0.462. The molecule has 0 heterocycles. The molecule has 92 valence electrons. The highest BCUT2D eigenvalue weighted by atomic mass is 19.1. The molecule has 2 N–H and O–H groups in total. The summed E-state index contributed by atoms with van der Waals surface area (Å²) in [5.41, 5.74) is 0.615. The molecule has 4 heteroatoms. The highest BCUT2D eigenvalue weighted by Crippen LogP contribution is 2.47. The molecule has 2 rings (SSSR count). The fourth-order valence-electron chi connectivity index (χ4n) is 2.24. The van der Waals surface area contributed by atoms with Crippen LogP contribution in [0.5, 0.6) is 5.75 Å². The Morgan fingerprint density at radius 2 is 2.18 bits per heavy atom. The van der Waals surface area contributed by atoms with Gasteiger partial charge in [-0.05, 0) is 37.3 Å². The summed E-state index contributed by atoms with van der Waals surface area (Å²) in [6.45, 7) is 1.61. The van der Waals surface area contributed by atoms with E-state index in [1.165, 1.54) is 12.1 Å². The lowest BCUT2D eigenvalue weighted by Crippen LogP contribution is -2.11. The quantitative estimate of drug-likeness (QED) is 0.848. The molecule has 0 radical (unpaired) electrons. The summed E-state index contributed by atoms with van der Waals surface area (Å²) in [7, 11) is 0. The molecule has 1 aliphatic rings. The molecule has 3 nitrogen and oxygen atoms in total. The Balaban J connectivity index is 2.41. The number of aromatic hydroxyl groups is 1. The predicted molar refractivity (Wildman–Crippen MR) is 60.5 cm³/mol. The van der Waals surface area contributed by atoms with Crippen LogP contribution in [0.1, 0.15) is 36.3 Å². The van der Waals surface area contributed by atoms with Crippen LogP contribution in [0.25, 0.3) is 0 Å². The summed E-state index contributed by atoms with van der Waals surface area (Å²) in [6.07, 6.45) is 1.69. The van der Waals surface area contributed by atoms with Crippen LogP contribution in [0.15, 0.2) is 12.1 Å². The maximum Gasteiger partial charge on any atom is 0.303 e. The largest absolute Gasteiger partial charge is 0.508 e. The highest BCUT2D eigenvalue weighted by molar-refractivity contribution is 5.68. The number of hydrogen-bond donors (Lipinski definition) is 2. The van der Waals surface area contributed by atoms with Crippen LogP contribution in [0, 0.1) is 18.7 Å². The van der Waals surface area contributed by atoms with Crippen molar-refractivity contribution in [2.75, 3.05) is 0 Å². The smallest absolute Gasteiger partial charge is 0.303 e. The van der Waals surface area contributed by atoms with Crippen molar-refractivity contribution in [1.82, 2.24) is 0 Å². The molecule has 1 atom stereocenters. The Morgan fingerprint density at radius 3 is 2.71 bits per heavy atom. The van der Waals surface area contributed by atoms with Gasteiger partial charge in [-0.2, -0.15) is 0 Å². The minimum atomic E-state index is -0.956. The average molecular weight is 238 g/mol. The monoisotopic (exact) mass is 238 g/mol. The van der Waals surface area contributed by atoms with Gasteiger partial charge in [-0.3, -0.25) is 4.79 Å². The number of carbonyl (C=O) groups is 1. The number of halogens is 1. The molecule has 0 aliphatic heterocycles. The Bertz CT molecular complexity index is 452. The minimum absolute atomic E-state index is 0.126. The number of carboxylic acids is 1. The van der Waals surface area contributed by atoms with Crippen molar-refractivity contribution >= 4 is 5.97 Å². The second-order valence-electron chi connectivity index (χ2n) is 4.67. The zero-order valence-electron chi connectivity index (χ0n) is 9.61. The topological polar surface area (TPSA) is 57.5 Å². The van der Waals surface area contributed by atoms with E-state index in [4.69, 9.17) is 5.11 Å².